The van der Waals surface area contributed by atoms with Gasteiger partial charge in [-0.2, -0.15) is 9.61 Å². The first-order chi connectivity index (χ1) is 12.6. The number of aryl methyl sites for hydroxylation is 1. The molecule has 0 aliphatic carbocycles. The van der Waals surface area contributed by atoms with E-state index < -0.39 is 0 Å². The monoisotopic (exact) mass is 377 g/mol. The molecule has 2 aliphatic rings. The Bertz CT molecular complexity index is 812. The van der Waals surface area contributed by atoms with Gasteiger partial charge in [-0.1, -0.05) is 18.3 Å². The third kappa shape index (κ3) is 3.83. The Balaban J connectivity index is 1.38. The van der Waals surface area contributed by atoms with Crippen molar-refractivity contribution in [3.63, 3.8) is 0 Å². The minimum Gasteiger partial charge on any atom is -0.378 e. The van der Waals surface area contributed by atoms with Crippen LogP contribution in [0.25, 0.3) is 4.96 Å². The number of hydrogen-bond acceptors (Lipinski definition) is 7. The van der Waals surface area contributed by atoms with Gasteiger partial charge in [0.05, 0.1) is 11.8 Å². The summed E-state index contributed by atoms with van der Waals surface area (Å²) >= 11 is 1.50. The summed E-state index contributed by atoms with van der Waals surface area (Å²) in [6, 6.07) is 1.92. The maximum absolute atomic E-state index is 12.3. The largest absolute Gasteiger partial charge is 0.378 e. The van der Waals surface area contributed by atoms with Crippen molar-refractivity contribution in [3.05, 3.63) is 27.1 Å². The smallest absolute Gasteiger partial charge is 0.275 e. The Morgan fingerprint density at radius 3 is 2.88 bits per heavy atom. The first-order valence-corrected chi connectivity index (χ1v) is 10.4. The fourth-order valence-electron chi connectivity index (χ4n) is 4.02. The van der Waals surface area contributed by atoms with Gasteiger partial charge in [-0.05, 0) is 51.1 Å². The van der Waals surface area contributed by atoms with E-state index in [1.807, 2.05) is 6.92 Å². The lowest BCUT2D eigenvalue weighted by molar-refractivity contribution is -0.0442. The van der Waals surface area contributed by atoms with Crippen LogP contribution in [0.3, 0.4) is 0 Å². The van der Waals surface area contributed by atoms with Gasteiger partial charge in [0.15, 0.2) is 0 Å². The molecule has 8 heteroatoms. The van der Waals surface area contributed by atoms with E-state index in [1.54, 1.807) is 6.07 Å². The van der Waals surface area contributed by atoms with Gasteiger partial charge in [0, 0.05) is 25.3 Å². The van der Waals surface area contributed by atoms with Crippen LogP contribution in [0.5, 0.6) is 0 Å². The summed E-state index contributed by atoms with van der Waals surface area (Å²) in [6.45, 7) is 5.60. The van der Waals surface area contributed by atoms with E-state index in [1.165, 1.54) is 15.9 Å². The molecule has 2 N–H and O–H groups in total. The quantitative estimate of drug-likeness (QED) is 0.868. The zero-order chi connectivity index (χ0) is 18.1. The molecule has 2 unspecified atom stereocenters. The van der Waals surface area contributed by atoms with Gasteiger partial charge in [0.25, 0.3) is 5.56 Å². The number of nitrogens with zero attached hydrogens (tertiary/aromatic N) is 4. The number of aromatic nitrogens is 3. The van der Waals surface area contributed by atoms with Gasteiger partial charge in [0.2, 0.25) is 4.96 Å². The van der Waals surface area contributed by atoms with Crippen LogP contribution >= 0.6 is 11.3 Å². The molecular formula is C18H27N5O2S. The molecule has 7 nitrogen and oxygen atoms in total. The number of nitrogens with two attached hydrogens (primary N) is 1. The first kappa shape index (κ1) is 18.0. The molecule has 0 aromatic carbocycles. The van der Waals surface area contributed by atoms with Gasteiger partial charge in [0.1, 0.15) is 5.01 Å². The van der Waals surface area contributed by atoms with Crippen LogP contribution < -0.4 is 11.3 Å². The molecular weight excluding hydrogens is 350 g/mol. The second-order valence-electron chi connectivity index (χ2n) is 7.44. The summed E-state index contributed by atoms with van der Waals surface area (Å²) < 4.78 is 7.38. The molecule has 2 aromatic rings. The Hall–Kier alpha value is -1.35. The average molecular weight is 378 g/mol. The summed E-state index contributed by atoms with van der Waals surface area (Å²) in [5.74, 6) is 0.604. The zero-order valence-electron chi connectivity index (χ0n) is 15.3. The zero-order valence-corrected chi connectivity index (χ0v) is 16.1. The molecule has 26 heavy (non-hydrogen) atoms. The molecule has 2 saturated heterocycles. The van der Waals surface area contributed by atoms with E-state index in [0.717, 1.165) is 69.0 Å². The molecule has 0 amide bonds. The van der Waals surface area contributed by atoms with Gasteiger partial charge < -0.3 is 10.5 Å². The van der Waals surface area contributed by atoms with E-state index in [0.29, 0.717) is 23.0 Å². The summed E-state index contributed by atoms with van der Waals surface area (Å²) in [7, 11) is 0. The Morgan fingerprint density at radius 1 is 1.35 bits per heavy atom. The SMILES string of the molecule is CCc1nn2c(=O)cc(CN3CCC(C4CC(N)CCO4)CC3)nc2s1. The molecule has 0 bridgehead atoms. The van der Waals surface area contributed by atoms with Crippen LogP contribution in [0.2, 0.25) is 0 Å². The number of ether oxygens (including phenoxy) is 1. The normalized spacial score (nSPS) is 25.8. The average Bonchev–Trinajstić information content (AvgIpc) is 3.06. The van der Waals surface area contributed by atoms with E-state index in [4.69, 9.17) is 10.5 Å². The van der Waals surface area contributed by atoms with Crippen LogP contribution in [0, 0.1) is 5.92 Å². The molecule has 4 rings (SSSR count). The highest BCUT2D eigenvalue weighted by atomic mass is 32.1. The fourth-order valence-corrected chi connectivity index (χ4v) is 4.87. The second kappa shape index (κ2) is 7.72. The summed E-state index contributed by atoms with van der Waals surface area (Å²) in [5.41, 5.74) is 6.86. The Morgan fingerprint density at radius 2 is 2.15 bits per heavy atom. The van der Waals surface area contributed by atoms with Crippen molar-refractivity contribution in [1.29, 1.82) is 0 Å². The number of piperidine rings is 1. The predicted molar refractivity (Wildman–Crippen MR) is 101 cm³/mol. The highest BCUT2D eigenvalue weighted by molar-refractivity contribution is 7.16. The lowest BCUT2D eigenvalue weighted by atomic mass is 9.86. The molecule has 4 heterocycles. The van der Waals surface area contributed by atoms with Crippen molar-refractivity contribution in [1.82, 2.24) is 19.5 Å². The number of hydrogen-bond donors (Lipinski definition) is 1. The van der Waals surface area contributed by atoms with Crippen molar-refractivity contribution in [2.45, 2.75) is 57.7 Å². The van der Waals surface area contributed by atoms with Crippen LogP contribution in [0.1, 0.15) is 43.3 Å². The van der Waals surface area contributed by atoms with Gasteiger partial charge in [-0.25, -0.2) is 4.98 Å². The predicted octanol–water partition coefficient (Wildman–Crippen LogP) is 1.43. The molecule has 2 atom stereocenters. The summed E-state index contributed by atoms with van der Waals surface area (Å²) in [5, 5.41) is 5.25. The topological polar surface area (TPSA) is 85.8 Å². The first-order valence-electron chi connectivity index (χ1n) is 9.60. The Kier molecular flexibility index (Phi) is 5.35. The van der Waals surface area contributed by atoms with Crippen LogP contribution in [0.15, 0.2) is 10.9 Å². The van der Waals surface area contributed by atoms with Crippen molar-refractivity contribution >= 4 is 16.3 Å². The summed E-state index contributed by atoms with van der Waals surface area (Å²) in [6.07, 6.45) is 5.37. The van der Waals surface area contributed by atoms with E-state index in [-0.39, 0.29) is 5.56 Å². The highest BCUT2D eigenvalue weighted by Gasteiger charge is 2.30. The molecule has 2 aromatic heterocycles. The molecule has 0 saturated carbocycles. The standard InChI is InChI=1S/C18H27N5O2S/c1-2-16-21-23-17(24)10-14(20-18(23)26-16)11-22-6-3-12(4-7-22)15-9-13(19)5-8-25-15/h10,12-13,15H,2-9,11,19H2,1H3. The maximum Gasteiger partial charge on any atom is 0.275 e. The highest BCUT2D eigenvalue weighted by Crippen LogP contribution is 2.28. The van der Waals surface area contributed by atoms with Crippen molar-refractivity contribution < 1.29 is 4.74 Å². The van der Waals surface area contributed by atoms with Gasteiger partial charge in [-0.15, -0.1) is 0 Å². The number of likely N-dealkylation sites (tertiary alicyclic amines) is 1. The van der Waals surface area contributed by atoms with Crippen molar-refractivity contribution in [2.24, 2.45) is 11.7 Å². The van der Waals surface area contributed by atoms with E-state index in [9.17, 15) is 4.79 Å². The minimum atomic E-state index is -0.0829. The fraction of sp³-hybridized carbons (Fsp3) is 0.722. The Labute approximate surface area is 157 Å². The van der Waals surface area contributed by atoms with E-state index >= 15 is 0 Å². The number of fused-ring (bicyclic) bond motifs is 1. The third-order valence-corrected chi connectivity index (χ3v) is 6.59. The van der Waals surface area contributed by atoms with Crippen LogP contribution in [-0.2, 0) is 17.7 Å². The van der Waals surface area contributed by atoms with Crippen LogP contribution in [0.4, 0.5) is 0 Å². The van der Waals surface area contributed by atoms with E-state index in [2.05, 4.69) is 15.0 Å². The minimum absolute atomic E-state index is 0.0829. The third-order valence-electron chi connectivity index (χ3n) is 5.54. The molecule has 2 fully saturated rings. The number of rotatable bonds is 4. The van der Waals surface area contributed by atoms with Gasteiger partial charge >= 0.3 is 0 Å². The molecule has 0 radical (unpaired) electrons. The second-order valence-corrected chi connectivity index (χ2v) is 8.48. The molecule has 0 spiro atoms. The lowest BCUT2D eigenvalue weighted by Gasteiger charge is -2.38. The maximum atomic E-state index is 12.3. The summed E-state index contributed by atoms with van der Waals surface area (Å²) in [4.78, 5) is 20.0. The molecule has 142 valence electrons. The van der Waals surface area contributed by atoms with Gasteiger partial charge in [-0.3, -0.25) is 9.69 Å². The lowest BCUT2D eigenvalue weighted by Crippen LogP contribution is -2.43. The van der Waals surface area contributed by atoms with Crippen LogP contribution in [-0.4, -0.2) is 51.3 Å². The van der Waals surface area contributed by atoms with Crippen molar-refractivity contribution in [2.75, 3.05) is 19.7 Å². The molecule has 2 aliphatic heterocycles. The van der Waals surface area contributed by atoms with Crippen molar-refractivity contribution in [3.8, 4) is 0 Å².